The molecular weight excluding hydrogens is 336 g/mol. The van der Waals surface area contributed by atoms with Gasteiger partial charge < -0.3 is 15.0 Å². The zero-order valence-electron chi connectivity index (χ0n) is 11.5. The van der Waals surface area contributed by atoms with E-state index in [4.69, 9.17) is 5.11 Å². The van der Waals surface area contributed by atoms with Crippen molar-refractivity contribution in [3.05, 3.63) is 52.3 Å². The molecule has 21 heavy (non-hydrogen) atoms. The summed E-state index contributed by atoms with van der Waals surface area (Å²) in [6, 6.07) is 8.16. The van der Waals surface area contributed by atoms with E-state index < -0.39 is 5.97 Å². The molecule has 5 nitrogen and oxygen atoms in total. The van der Waals surface area contributed by atoms with Gasteiger partial charge in [0.25, 0.3) is 5.91 Å². The average Bonchev–Trinajstić information content (AvgIpc) is 2.87. The van der Waals surface area contributed by atoms with Gasteiger partial charge in [-0.05, 0) is 36.8 Å². The molecule has 2 rings (SSSR count). The molecule has 110 valence electrons. The van der Waals surface area contributed by atoms with E-state index in [0.29, 0.717) is 10.2 Å². The van der Waals surface area contributed by atoms with Crippen LogP contribution in [0.4, 0.5) is 5.69 Å². The van der Waals surface area contributed by atoms with Crippen LogP contribution in [0.1, 0.15) is 34.2 Å². The number of carbonyl (C=O) groups is 2. The van der Waals surface area contributed by atoms with Gasteiger partial charge in [-0.1, -0.05) is 22.9 Å². The van der Waals surface area contributed by atoms with E-state index in [2.05, 4.69) is 21.2 Å². The zero-order valence-corrected chi connectivity index (χ0v) is 13.1. The van der Waals surface area contributed by atoms with Crippen molar-refractivity contribution in [2.45, 2.75) is 19.9 Å². The van der Waals surface area contributed by atoms with Gasteiger partial charge in [-0.25, -0.2) is 4.79 Å². The maximum absolute atomic E-state index is 12.3. The third kappa shape index (κ3) is 3.52. The number of rotatable bonds is 5. The zero-order chi connectivity index (χ0) is 15.4. The predicted molar refractivity (Wildman–Crippen MR) is 83.8 cm³/mol. The lowest BCUT2D eigenvalue weighted by atomic mass is 10.1. The lowest BCUT2D eigenvalue weighted by Gasteiger charge is -2.11. The Kier molecular flexibility index (Phi) is 4.80. The molecule has 0 fully saturated rings. The van der Waals surface area contributed by atoms with Crippen molar-refractivity contribution < 1.29 is 14.7 Å². The summed E-state index contributed by atoms with van der Waals surface area (Å²) < 4.78 is 2.54. The predicted octanol–water partition coefficient (Wildman–Crippen LogP) is 3.61. The van der Waals surface area contributed by atoms with Gasteiger partial charge in [0.15, 0.2) is 0 Å². The summed E-state index contributed by atoms with van der Waals surface area (Å²) in [6.45, 7) is 2.76. The first kappa shape index (κ1) is 15.3. The number of halogens is 1. The molecule has 2 aromatic rings. The SMILES string of the molecule is CCCn1cccc1C(=O)Nc1cc(Br)ccc1C(=O)O. The molecule has 2 N–H and O–H groups in total. The third-order valence-corrected chi connectivity index (χ3v) is 3.48. The van der Waals surface area contributed by atoms with E-state index in [9.17, 15) is 9.59 Å². The lowest BCUT2D eigenvalue weighted by Crippen LogP contribution is -2.18. The largest absolute Gasteiger partial charge is 0.478 e. The summed E-state index contributed by atoms with van der Waals surface area (Å²) in [6.07, 6.45) is 2.74. The van der Waals surface area contributed by atoms with Crippen molar-refractivity contribution in [1.82, 2.24) is 4.57 Å². The Morgan fingerprint density at radius 2 is 2.10 bits per heavy atom. The summed E-state index contributed by atoms with van der Waals surface area (Å²) in [5.41, 5.74) is 0.833. The number of aryl methyl sites for hydroxylation is 1. The molecule has 0 aliphatic rings. The van der Waals surface area contributed by atoms with Crippen molar-refractivity contribution >= 4 is 33.5 Å². The van der Waals surface area contributed by atoms with Gasteiger partial charge in [0.05, 0.1) is 11.3 Å². The maximum Gasteiger partial charge on any atom is 0.337 e. The maximum atomic E-state index is 12.3. The molecule has 6 heteroatoms. The first-order chi connectivity index (χ1) is 10.0. The van der Waals surface area contributed by atoms with Crippen LogP contribution in [0.3, 0.4) is 0 Å². The van der Waals surface area contributed by atoms with Crippen molar-refractivity contribution in [3.63, 3.8) is 0 Å². The van der Waals surface area contributed by atoms with Crippen LogP contribution < -0.4 is 5.32 Å². The van der Waals surface area contributed by atoms with E-state index in [1.54, 1.807) is 24.3 Å². The molecule has 0 saturated carbocycles. The smallest absolute Gasteiger partial charge is 0.337 e. The number of carboxylic acids is 1. The molecular formula is C15H15BrN2O3. The lowest BCUT2D eigenvalue weighted by molar-refractivity contribution is 0.0698. The Balaban J connectivity index is 2.29. The number of benzene rings is 1. The summed E-state index contributed by atoms with van der Waals surface area (Å²) in [4.78, 5) is 23.5. The molecule has 0 spiro atoms. The van der Waals surface area contributed by atoms with Crippen LogP contribution in [0.15, 0.2) is 41.0 Å². The molecule has 1 amide bonds. The molecule has 0 atom stereocenters. The van der Waals surface area contributed by atoms with E-state index >= 15 is 0 Å². The molecule has 0 radical (unpaired) electrons. The highest BCUT2D eigenvalue weighted by molar-refractivity contribution is 9.10. The van der Waals surface area contributed by atoms with Crippen molar-refractivity contribution in [1.29, 1.82) is 0 Å². The van der Waals surface area contributed by atoms with Crippen molar-refractivity contribution in [3.8, 4) is 0 Å². The standard InChI is InChI=1S/C15H15BrN2O3/c1-2-7-18-8-3-4-13(18)14(19)17-12-9-10(16)5-6-11(12)15(20)21/h3-6,8-9H,2,7H2,1H3,(H,17,19)(H,20,21). The van der Waals surface area contributed by atoms with Gasteiger partial charge >= 0.3 is 5.97 Å². The van der Waals surface area contributed by atoms with E-state index in [-0.39, 0.29) is 17.2 Å². The fraction of sp³-hybridized carbons (Fsp3) is 0.200. The quantitative estimate of drug-likeness (QED) is 0.865. The van der Waals surface area contributed by atoms with Crippen LogP contribution in [0.5, 0.6) is 0 Å². The van der Waals surface area contributed by atoms with E-state index in [0.717, 1.165) is 13.0 Å². The highest BCUT2D eigenvalue weighted by Gasteiger charge is 2.16. The van der Waals surface area contributed by atoms with Gasteiger partial charge in [0.1, 0.15) is 5.69 Å². The minimum Gasteiger partial charge on any atom is -0.478 e. The minimum atomic E-state index is -1.08. The molecule has 1 aromatic heterocycles. The normalized spacial score (nSPS) is 10.4. The first-order valence-corrected chi connectivity index (χ1v) is 7.31. The molecule has 0 saturated heterocycles. The number of aromatic nitrogens is 1. The number of aromatic carboxylic acids is 1. The number of carboxylic acid groups (broad SMARTS) is 1. The van der Waals surface area contributed by atoms with E-state index in [1.807, 2.05) is 17.7 Å². The number of hydrogen-bond donors (Lipinski definition) is 2. The van der Waals surface area contributed by atoms with Gasteiger partial charge in [-0.3, -0.25) is 4.79 Å². The molecule has 1 aromatic carbocycles. The second kappa shape index (κ2) is 6.58. The topological polar surface area (TPSA) is 71.3 Å². The minimum absolute atomic E-state index is 0.0557. The van der Waals surface area contributed by atoms with Crippen LogP contribution in [-0.4, -0.2) is 21.6 Å². The van der Waals surface area contributed by atoms with Crippen LogP contribution in [-0.2, 0) is 6.54 Å². The molecule has 1 heterocycles. The average molecular weight is 351 g/mol. The number of nitrogens with one attached hydrogen (secondary N) is 1. The fourth-order valence-corrected chi connectivity index (χ4v) is 2.41. The Bertz CT molecular complexity index is 679. The summed E-state index contributed by atoms with van der Waals surface area (Å²) in [7, 11) is 0. The number of anilines is 1. The number of nitrogens with zero attached hydrogens (tertiary/aromatic N) is 1. The number of carbonyl (C=O) groups excluding carboxylic acids is 1. The van der Waals surface area contributed by atoms with Crippen molar-refractivity contribution in [2.24, 2.45) is 0 Å². The second-order valence-electron chi connectivity index (χ2n) is 4.54. The van der Waals surface area contributed by atoms with Gasteiger partial charge in [-0.15, -0.1) is 0 Å². The molecule has 0 unspecified atom stereocenters. The highest BCUT2D eigenvalue weighted by Crippen LogP contribution is 2.22. The third-order valence-electron chi connectivity index (χ3n) is 2.99. The first-order valence-electron chi connectivity index (χ1n) is 6.52. The van der Waals surface area contributed by atoms with E-state index in [1.165, 1.54) is 6.07 Å². The molecule has 0 aliphatic carbocycles. The Morgan fingerprint density at radius 1 is 1.33 bits per heavy atom. The van der Waals surface area contributed by atoms with Gasteiger partial charge in [0, 0.05) is 17.2 Å². The summed E-state index contributed by atoms with van der Waals surface area (Å²) in [5.74, 6) is -1.41. The monoisotopic (exact) mass is 350 g/mol. The summed E-state index contributed by atoms with van der Waals surface area (Å²) in [5, 5.41) is 11.8. The van der Waals surface area contributed by atoms with Crippen LogP contribution >= 0.6 is 15.9 Å². The number of hydrogen-bond acceptors (Lipinski definition) is 2. The molecule has 0 aliphatic heterocycles. The Labute approximate surface area is 130 Å². The van der Waals surface area contributed by atoms with Crippen LogP contribution in [0, 0.1) is 0 Å². The van der Waals surface area contributed by atoms with Gasteiger partial charge in [0.2, 0.25) is 0 Å². The fourth-order valence-electron chi connectivity index (χ4n) is 2.05. The van der Waals surface area contributed by atoms with Crippen LogP contribution in [0.25, 0.3) is 0 Å². The second-order valence-corrected chi connectivity index (χ2v) is 5.45. The Hall–Kier alpha value is -2.08. The van der Waals surface area contributed by atoms with Gasteiger partial charge in [-0.2, -0.15) is 0 Å². The highest BCUT2D eigenvalue weighted by atomic mass is 79.9. The molecule has 0 bridgehead atoms. The van der Waals surface area contributed by atoms with Crippen molar-refractivity contribution in [2.75, 3.05) is 5.32 Å². The summed E-state index contributed by atoms with van der Waals surface area (Å²) >= 11 is 3.27. The Morgan fingerprint density at radius 3 is 2.76 bits per heavy atom. The van der Waals surface area contributed by atoms with Crippen LogP contribution in [0.2, 0.25) is 0 Å². The number of amides is 1.